The molecule has 1 aliphatic rings. The molecular weight excluding hydrogens is 527 g/mol. The summed E-state index contributed by atoms with van der Waals surface area (Å²) in [7, 11) is 1.77. The first-order valence-corrected chi connectivity index (χ1v) is 11.4. The zero-order valence-corrected chi connectivity index (χ0v) is 21.7. The summed E-state index contributed by atoms with van der Waals surface area (Å²) in [6, 6.07) is 16.4. The molecule has 2 heterocycles. The summed E-state index contributed by atoms with van der Waals surface area (Å²) in [6.45, 7) is 5.28. The number of imidazole rings is 1. The molecule has 0 fully saturated rings. The number of nitrogens with zero attached hydrogens (tertiary/aromatic N) is 4. The molecule has 0 radical (unpaired) electrons. The van der Waals surface area contributed by atoms with Gasteiger partial charge < -0.3 is 20.1 Å². The van der Waals surface area contributed by atoms with Gasteiger partial charge in [-0.15, -0.1) is 24.0 Å². The topological polar surface area (TPSA) is 74.6 Å². The van der Waals surface area contributed by atoms with Crippen molar-refractivity contribution in [2.24, 2.45) is 4.99 Å². The number of nitrogens with one attached hydrogen (secondary N) is 2. The van der Waals surface area contributed by atoms with Crippen molar-refractivity contribution in [3.8, 4) is 0 Å². The van der Waals surface area contributed by atoms with Gasteiger partial charge in [-0.2, -0.15) is 0 Å². The lowest BCUT2D eigenvalue weighted by molar-refractivity contribution is -0.118. The molecule has 1 aromatic heterocycles. The van der Waals surface area contributed by atoms with Gasteiger partial charge in [-0.3, -0.25) is 9.79 Å². The molecule has 2 aromatic carbocycles. The van der Waals surface area contributed by atoms with E-state index in [4.69, 9.17) is 0 Å². The van der Waals surface area contributed by atoms with Gasteiger partial charge in [-0.05, 0) is 49.9 Å². The first-order chi connectivity index (χ1) is 15.7. The van der Waals surface area contributed by atoms with Crippen molar-refractivity contribution >= 4 is 52.6 Å². The number of guanidine groups is 1. The molecule has 0 atom stereocenters. The summed E-state index contributed by atoms with van der Waals surface area (Å²) in [6.07, 6.45) is 3.23. The SMILES string of the molecule is CN=C(NCCCC(=O)N1CCc2ccccc21)NCCCn1c(C)nc2ccccc21.I. The number of benzene rings is 2. The number of anilines is 1. The quantitative estimate of drug-likeness (QED) is 0.190. The molecule has 2 N–H and O–H groups in total. The monoisotopic (exact) mass is 560 g/mol. The molecule has 7 nitrogen and oxygen atoms in total. The van der Waals surface area contributed by atoms with Crippen LogP contribution in [0.2, 0.25) is 0 Å². The number of aliphatic imine (C=N–C) groups is 1. The summed E-state index contributed by atoms with van der Waals surface area (Å²) in [5, 5.41) is 6.68. The van der Waals surface area contributed by atoms with Crippen LogP contribution in [0.15, 0.2) is 53.5 Å². The standard InChI is InChI=1S/C25H32N6O.HI/c1-19-29-21-10-4-6-12-23(21)30(19)17-8-16-28-25(26-2)27-15-7-13-24(32)31-18-14-20-9-3-5-11-22(20)31;/h3-6,9-12H,7-8,13-18H2,1-2H3,(H2,26,27,28);1H. The van der Waals surface area contributed by atoms with E-state index in [-0.39, 0.29) is 29.9 Å². The number of amides is 1. The van der Waals surface area contributed by atoms with Crippen molar-refractivity contribution in [3.05, 3.63) is 59.9 Å². The van der Waals surface area contributed by atoms with Crippen molar-refractivity contribution in [2.45, 2.75) is 39.2 Å². The summed E-state index contributed by atoms with van der Waals surface area (Å²) in [5.74, 6) is 2.01. The van der Waals surface area contributed by atoms with Gasteiger partial charge >= 0.3 is 0 Å². The van der Waals surface area contributed by atoms with Gasteiger partial charge in [0.05, 0.1) is 11.0 Å². The minimum atomic E-state index is 0. The lowest BCUT2D eigenvalue weighted by Gasteiger charge is -2.17. The average molecular weight is 560 g/mol. The number of para-hydroxylation sites is 3. The van der Waals surface area contributed by atoms with Crippen molar-refractivity contribution in [1.29, 1.82) is 0 Å². The number of hydrogen-bond acceptors (Lipinski definition) is 3. The summed E-state index contributed by atoms with van der Waals surface area (Å²) in [5.41, 5.74) is 4.56. The molecule has 0 bridgehead atoms. The Bertz CT molecular complexity index is 1110. The van der Waals surface area contributed by atoms with Gasteiger partial charge in [0, 0.05) is 45.3 Å². The van der Waals surface area contributed by atoms with Crippen molar-refractivity contribution in [2.75, 3.05) is 31.6 Å². The normalized spacial score (nSPS) is 13.0. The number of aromatic nitrogens is 2. The van der Waals surface area contributed by atoms with E-state index in [0.29, 0.717) is 13.0 Å². The molecule has 0 saturated heterocycles. The highest BCUT2D eigenvalue weighted by molar-refractivity contribution is 14.0. The Balaban J connectivity index is 0.00000306. The van der Waals surface area contributed by atoms with Gasteiger partial charge in [0.1, 0.15) is 5.82 Å². The molecule has 33 heavy (non-hydrogen) atoms. The second kappa shape index (κ2) is 12.0. The molecule has 0 spiro atoms. The van der Waals surface area contributed by atoms with Crippen LogP contribution in [-0.4, -0.2) is 48.1 Å². The zero-order chi connectivity index (χ0) is 22.3. The van der Waals surface area contributed by atoms with E-state index in [9.17, 15) is 4.79 Å². The van der Waals surface area contributed by atoms with E-state index in [0.717, 1.165) is 61.9 Å². The Morgan fingerprint density at radius 1 is 1.06 bits per heavy atom. The van der Waals surface area contributed by atoms with Crippen LogP contribution >= 0.6 is 24.0 Å². The Morgan fingerprint density at radius 3 is 2.61 bits per heavy atom. The van der Waals surface area contributed by atoms with Crippen LogP contribution < -0.4 is 15.5 Å². The van der Waals surface area contributed by atoms with E-state index in [1.54, 1.807) is 7.05 Å². The van der Waals surface area contributed by atoms with E-state index in [2.05, 4.69) is 56.4 Å². The third-order valence-electron chi connectivity index (χ3n) is 5.97. The van der Waals surface area contributed by atoms with E-state index < -0.39 is 0 Å². The third-order valence-corrected chi connectivity index (χ3v) is 5.97. The third kappa shape index (κ3) is 6.04. The molecule has 1 aliphatic heterocycles. The molecule has 0 aliphatic carbocycles. The number of carbonyl (C=O) groups excluding carboxylic acids is 1. The second-order valence-corrected chi connectivity index (χ2v) is 8.11. The van der Waals surface area contributed by atoms with Crippen LogP contribution in [0, 0.1) is 6.92 Å². The molecule has 4 rings (SSSR count). The Labute approximate surface area is 212 Å². The van der Waals surface area contributed by atoms with Gasteiger partial charge in [0.2, 0.25) is 5.91 Å². The lowest BCUT2D eigenvalue weighted by Crippen LogP contribution is -2.39. The maximum absolute atomic E-state index is 12.6. The Morgan fingerprint density at radius 2 is 1.79 bits per heavy atom. The fourth-order valence-corrected chi connectivity index (χ4v) is 4.32. The van der Waals surface area contributed by atoms with Crippen LogP contribution in [0.5, 0.6) is 0 Å². The predicted octanol–water partition coefficient (Wildman–Crippen LogP) is 3.89. The Hall–Kier alpha value is -2.62. The van der Waals surface area contributed by atoms with Crippen molar-refractivity contribution in [1.82, 2.24) is 20.2 Å². The van der Waals surface area contributed by atoms with Gasteiger partial charge in [0.25, 0.3) is 0 Å². The number of halogens is 1. The van der Waals surface area contributed by atoms with Crippen LogP contribution in [0.3, 0.4) is 0 Å². The summed E-state index contributed by atoms with van der Waals surface area (Å²) < 4.78 is 2.26. The fraction of sp³-hybridized carbons (Fsp3) is 0.400. The van der Waals surface area contributed by atoms with Gasteiger partial charge in [0.15, 0.2) is 5.96 Å². The highest BCUT2D eigenvalue weighted by atomic mass is 127. The highest BCUT2D eigenvalue weighted by Crippen LogP contribution is 2.28. The van der Waals surface area contributed by atoms with Gasteiger partial charge in [-0.25, -0.2) is 4.98 Å². The fourth-order valence-electron chi connectivity index (χ4n) is 4.32. The first kappa shape index (κ1) is 25.0. The lowest BCUT2D eigenvalue weighted by atomic mass is 10.2. The maximum atomic E-state index is 12.6. The summed E-state index contributed by atoms with van der Waals surface area (Å²) in [4.78, 5) is 23.4. The molecule has 0 saturated carbocycles. The second-order valence-electron chi connectivity index (χ2n) is 8.11. The number of hydrogen-bond donors (Lipinski definition) is 2. The number of fused-ring (bicyclic) bond motifs is 2. The van der Waals surface area contributed by atoms with Crippen LogP contribution in [0.4, 0.5) is 5.69 Å². The minimum Gasteiger partial charge on any atom is -0.356 e. The van der Waals surface area contributed by atoms with Crippen LogP contribution in [-0.2, 0) is 17.8 Å². The Kier molecular flexibility index (Phi) is 9.11. The van der Waals surface area contributed by atoms with Crippen molar-refractivity contribution in [3.63, 3.8) is 0 Å². The molecule has 176 valence electrons. The first-order valence-electron chi connectivity index (χ1n) is 11.4. The van der Waals surface area contributed by atoms with E-state index in [1.165, 1.54) is 11.1 Å². The maximum Gasteiger partial charge on any atom is 0.227 e. The highest BCUT2D eigenvalue weighted by Gasteiger charge is 2.23. The molecular formula is C25H33IN6O. The summed E-state index contributed by atoms with van der Waals surface area (Å²) >= 11 is 0. The molecule has 1 amide bonds. The van der Waals surface area contributed by atoms with Crippen LogP contribution in [0.25, 0.3) is 11.0 Å². The predicted molar refractivity (Wildman–Crippen MR) is 146 cm³/mol. The molecule has 8 heteroatoms. The van der Waals surface area contributed by atoms with E-state index in [1.807, 2.05) is 29.2 Å². The molecule has 0 unspecified atom stereocenters. The minimum absolute atomic E-state index is 0. The zero-order valence-electron chi connectivity index (χ0n) is 19.4. The largest absolute Gasteiger partial charge is 0.356 e. The smallest absolute Gasteiger partial charge is 0.227 e. The molecule has 3 aromatic rings. The van der Waals surface area contributed by atoms with Gasteiger partial charge in [-0.1, -0.05) is 30.3 Å². The number of aryl methyl sites for hydroxylation is 2. The van der Waals surface area contributed by atoms with Crippen molar-refractivity contribution < 1.29 is 4.79 Å². The number of carbonyl (C=O) groups is 1. The van der Waals surface area contributed by atoms with Crippen LogP contribution in [0.1, 0.15) is 30.7 Å². The van der Waals surface area contributed by atoms with E-state index >= 15 is 0 Å². The number of rotatable bonds is 8. The average Bonchev–Trinajstić information content (AvgIpc) is 3.38.